The van der Waals surface area contributed by atoms with Gasteiger partial charge in [0.25, 0.3) is 0 Å². The van der Waals surface area contributed by atoms with Crippen LogP contribution < -0.4 is 15.0 Å². The molecule has 1 aliphatic carbocycles. The van der Waals surface area contributed by atoms with E-state index in [0.717, 1.165) is 36.4 Å². The lowest BCUT2D eigenvalue weighted by Gasteiger charge is -2.51. The summed E-state index contributed by atoms with van der Waals surface area (Å²) >= 11 is 0. The van der Waals surface area contributed by atoms with Crippen molar-refractivity contribution in [2.24, 2.45) is 0 Å². The third-order valence-corrected chi connectivity index (χ3v) is 4.06. The van der Waals surface area contributed by atoms with E-state index in [1.165, 1.54) is 0 Å². The van der Waals surface area contributed by atoms with Gasteiger partial charge in [0.2, 0.25) is 5.91 Å². The number of anilines is 2. The fourth-order valence-corrected chi connectivity index (χ4v) is 2.73. The van der Waals surface area contributed by atoms with E-state index in [1.54, 1.807) is 7.11 Å². The van der Waals surface area contributed by atoms with Crippen molar-refractivity contribution in [3.63, 3.8) is 0 Å². The first-order valence-electron chi connectivity index (χ1n) is 5.91. The van der Waals surface area contributed by atoms with Crippen molar-refractivity contribution in [3.05, 3.63) is 18.2 Å². The van der Waals surface area contributed by atoms with Crippen LogP contribution in [0.5, 0.6) is 5.75 Å². The SMILES string of the molecule is COc1ccc2c(c1)NC(=O)C1(CCC1)N2C. The minimum absolute atomic E-state index is 0.118. The fourth-order valence-electron chi connectivity index (χ4n) is 2.73. The van der Waals surface area contributed by atoms with Gasteiger partial charge in [-0.2, -0.15) is 0 Å². The number of carbonyl (C=O) groups excluding carboxylic acids is 1. The van der Waals surface area contributed by atoms with Gasteiger partial charge in [-0.1, -0.05) is 0 Å². The van der Waals surface area contributed by atoms with E-state index in [0.29, 0.717) is 0 Å². The van der Waals surface area contributed by atoms with Crippen molar-refractivity contribution in [1.82, 2.24) is 0 Å². The van der Waals surface area contributed by atoms with E-state index in [1.807, 2.05) is 25.2 Å². The second kappa shape index (κ2) is 3.39. The molecule has 1 amide bonds. The number of hydrogen-bond donors (Lipinski definition) is 1. The largest absolute Gasteiger partial charge is 0.497 e. The Morgan fingerprint density at radius 1 is 1.41 bits per heavy atom. The highest BCUT2D eigenvalue weighted by Crippen LogP contribution is 2.46. The van der Waals surface area contributed by atoms with Crippen LogP contribution in [0.3, 0.4) is 0 Å². The zero-order chi connectivity index (χ0) is 12.0. The lowest BCUT2D eigenvalue weighted by molar-refractivity contribution is -0.124. The maximum atomic E-state index is 12.2. The van der Waals surface area contributed by atoms with Crippen LogP contribution in [0, 0.1) is 0 Å². The summed E-state index contributed by atoms with van der Waals surface area (Å²) in [7, 11) is 3.63. The minimum Gasteiger partial charge on any atom is -0.497 e. The van der Waals surface area contributed by atoms with Crippen LogP contribution in [0.4, 0.5) is 11.4 Å². The van der Waals surface area contributed by atoms with E-state index in [-0.39, 0.29) is 11.4 Å². The van der Waals surface area contributed by atoms with E-state index in [2.05, 4.69) is 10.2 Å². The number of methoxy groups -OCH3 is 1. The number of fused-ring (bicyclic) bond motifs is 1. The summed E-state index contributed by atoms with van der Waals surface area (Å²) in [5.41, 5.74) is 1.61. The first-order chi connectivity index (χ1) is 8.17. The number of nitrogens with zero attached hydrogens (tertiary/aromatic N) is 1. The van der Waals surface area contributed by atoms with E-state index in [9.17, 15) is 4.79 Å². The van der Waals surface area contributed by atoms with Crippen LogP contribution in [0.1, 0.15) is 19.3 Å². The summed E-state index contributed by atoms with van der Waals surface area (Å²) in [6.45, 7) is 0. The van der Waals surface area contributed by atoms with Gasteiger partial charge in [0.15, 0.2) is 0 Å². The normalized spacial score (nSPS) is 20.6. The molecule has 3 rings (SSSR count). The molecule has 0 bridgehead atoms. The third-order valence-electron chi connectivity index (χ3n) is 4.06. The highest BCUT2D eigenvalue weighted by Gasteiger charge is 2.50. The van der Waals surface area contributed by atoms with Gasteiger partial charge >= 0.3 is 0 Å². The van der Waals surface area contributed by atoms with E-state index >= 15 is 0 Å². The standard InChI is InChI=1S/C13H16N2O2/c1-15-11-5-4-9(17-2)8-10(11)14-12(16)13(15)6-3-7-13/h4-5,8H,3,6-7H2,1-2H3,(H,14,16). The quantitative estimate of drug-likeness (QED) is 0.805. The topological polar surface area (TPSA) is 41.6 Å². The maximum absolute atomic E-state index is 12.2. The molecule has 1 aliphatic heterocycles. The van der Waals surface area contributed by atoms with Crippen LogP contribution in [0.15, 0.2) is 18.2 Å². The maximum Gasteiger partial charge on any atom is 0.250 e. The number of amides is 1. The number of carbonyl (C=O) groups is 1. The predicted molar refractivity (Wildman–Crippen MR) is 66.6 cm³/mol. The Bertz CT molecular complexity index is 480. The van der Waals surface area contributed by atoms with Crippen molar-refractivity contribution < 1.29 is 9.53 Å². The van der Waals surface area contributed by atoms with Gasteiger partial charge in [-0.05, 0) is 31.4 Å². The lowest BCUT2D eigenvalue weighted by atomic mass is 9.73. The molecule has 4 heteroatoms. The minimum atomic E-state index is -0.304. The highest BCUT2D eigenvalue weighted by molar-refractivity contribution is 6.07. The molecule has 0 unspecified atom stereocenters. The molecule has 1 saturated carbocycles. The fraction of sp³-hybridized carbons (Fsp3) is 0.462. The Labute approximate surface area is 101 Å². The molecular weight excluding hydrogens is 216 g/mol. The average Bonchev–Trinajstić information content (AvgIpc) is 2.26. The summed E-state index contributed by atoms with van der Waals surface area (Å²) in [5, 5.41) is 3.00. The Morgan fingerprint density at radius 2 is 2.18 bits per heavy atom. The first-order valence-corrected chi connectivity index (χ1v) is 5.91. The molecule has 1 aromatic carbocycles. The highest BCUT2D eigenvalue weighted by atomic mass is 16.5. The summed E-state index contributed by atoms with van der Waals surface area (Å²) < 4.78 is 5.17. The number of hydrogen-bond acceptors (Lipinski definition) is 3. The molecule has 0 aromatic heterocycles. The number of benzene rings is 1. The average molecular weight is 232 g/mol. The molecule has 1 aromatic rings. The number of ether oxygens (including phenoxy) is 1. The molecule has 90 valence electrons. The molecule has 1 N–H and O–H groups in total. The summed E-state index contributed by atoms with van der Waals surface area (Å²) in [5.74, 6) is 0.883. The van der Waals surface area contributed by atoms with Crippen molar-refractivity contribution in [2.45, 2.75) is 24.8 Å². The number of likely N-dealkylation sites (N-methyl/N-ethyl adjacent to an activating group) is 1. The monoisotopic (exact) mass is 232 g/mol. The van der Waals surface area contributed by atoms with Gasteiger partial charge in [0.05, 0.1) is 18.5 Å². The Morgan fingerprint density at radius 3 is 2.76 bits per heavy atom. The van der Waals surface area contributed by atoms with Crippen molar-refractivity contribution in [2.75, 3.05) is 24.4 Å². The van der Waals surface area contributed by atoms with E-state index in [4.69, 9.17) is 4.74 Å². The Hall–Kier alpha value is -1.71. The van der Waals surface area contributed by atoms with Crippen molar-refractivity contribution in [3.8, 4) is 5.75 Å². The Balaban J connectivity index is 2.06. The van der Waals surface area contributed by atoms with Gasteiger partial charge in [-0.3, -0.25) is 4.79 Å². The smallest absolute Gasteiger partial charge is 0.250 e. The van der Waals surface area contributed by atoms with E-state index < -0.39 is 0 Å². The molecule has 4 nitrogen and oxygen atoms in total. The Kier molecular flexibility index (Phi) is 2.08. The summed E-state index contributed by atoms with van der Waals surface area (Å²) in [6.07, 6.45) is 3.02. The van der Waals surface area contributed by atoms with Gasteiger partial charge in [0, 0.05) is 13.1 Å². The second-order valence-electron chi connectivity index (χ2n) is 4.78. The van der Waals surface area contributed by atoms with Gasteiger partial charge < -0.3 is 15.0 Å². The summed E-state index contributed by atoms with van der Waals surface area (Å²) in [6, 6.07) is 5.81. The van der Waals surface area contributed by atoms with Crippen LogP contribution in [0.2, 0.25) is 0 Å². The van der Waals surface area contributed by atoms with Crippen molar-refractivity contribution in [1.29, 1.82) is 0 Å². The van der Waals surface area contributed by atoms with Crippen LogP contribution >= 0.6 is 0 Å². The third kappa shape index (κ3) is 1.27. The van der Waals surface area contributed by atoms with Crippen LogP contribution in [-0.2, 0) is 4.79 Å². The summed E-state index contributed by atoms with van der Waals surface area (Å²) in [4.78, 5) is 14.3. The van der Waals surface area contributed by atoms with Crippen LogP contribution in [0.25, 0.3) is 0 Å². The lowest BCUT2D eigenvalue weighted by Crippen LogP contribution is -2.62. The predicted octanol–water partition coefficient (Wildman–Crippen LogP) is 2.01. The van der Waals surface area contributed by atoms with Crippen molar-refractivity contribution >= 4 is 17.3 Å². The number of nitrogens with one attached hydrogen (secondary N) is 1. The first kappa shape index (κ1) is 10.4. The number of rotatable bonds is 1. The molecule has 1 spiro atoms. The zero-order valence-corrected chi connectivity index (χ0v) is 10.1. The molecule has 0 saturated heterocycles. The second-order valence-corrected chi connectivity index (χ2v) is 4.78. The molecule has 17 heavy (non-hydrogen) atoms. The molecule has 1 fully saturated rings. The zero-order valence-electron chi connectivity index (χ0n) is 10.1. The van der Waals surface area contributed by atoms with Crippen LogP contribution in [-0.4, -0.2) is 25.6 Å². The van der Waals surface area contributed by atoms with Gasteiger partial charge in [-0.25, -0.2) is 0 Å². The molecule has 0 radical (unpaired) electrons. The van der Waals surface area contributed by atoms with Gasteiger partial charge in [-0.15, -0.1) is 0 Å². The molecule has 1 heterocycles. The molecule has 2 aliphatic rings. The molecular formula is C13H16N2O2. The molecule has 0 atom stereocenters. The van der Waals surface area contributed by atoms with Gasteiger partial charge in [0.1, 0.15) is 11.3 Å².